The maximum Gasteiger partial charge on any atom is 0.128 e. The summed E-state index contributed by atoms with van der Waals surface area (Å²) in [7, 11) is 1.71. The summed E-state index contributed by atoms with van der Waals surface area (Å²) in [5, 5.41) is 3.34. The van der Waals surface area contributed by atoms with Crippen LogP contribution < -0.4 is 5.32 Å². The number of ether oxygens (including phenoxy) is 1. The lowest BCUT2D eigenvalue weighted by molar-refractivity contribution is 0.106. The molecule has 3 unspecified atom stereocenters. The number of rotatable bonds is 4. The van der Waals surface area contributed by atoms with E-state index in [-0.39, 0.29) is 18.0 Å². The quantitative estimate of drug-likeness (QED) is 0.892. The van der Waals surface area contributed by atoms with E-state index in [1.807, 2.05) is 6.92 Å². The Morgan fingerprint density at radius 1 is 1.33 bits per heavy atom. The summed E-state index contributed by atoms with van der Waals surface area (Å²) in [5.74, 6) is -0.765. The Balaban J connectivity index is 1.99. The summed E-state index contributed by atoms with van der Waals surface area (Å²) < 4.78 is 32.0. The van der Waals surface area contributed by atoms with Gasteiger partial charge in [0.05, 0.1) is 6.10 Å². The second-order valence-electron chi connectivity index (χ2n) is 4.92. The normalized spacial score (nSPS) is 25.3. The standard InChI is InChI=1S/C14H19F2NO/c1-9(13-7-10(15)3-6-14(13)16)17-11-4-5-12(8-11)18-2/h3,6-7,9,11-12,17H,4-5,8H2,1-2H3. The second-order valence-corrected chi connectivity index (χ2v) is 4.92. The second kappa shape index (κ2) is 5.76. The van der Waals surface area contributed by atoms with Gasteiger partial charge in [0.15, 0.2) is 0 Å². The summed E-state index contributed by atoms with van der Waals surface area (Å²) in [4.78, 5) is 0. The minimum atomic E-state index is -0.402. The van der Waals surface area contributed by atoms with Gasteiger partial charge in [-0.25, -0.2) is 8.78 Å². The zero-order valence-corrected chi connectivity index (χ0v) is 10.7. The van der Waals surface area contributed by atoms with Crippen molar-refractivity contribution in [3.8, 4) is 0 Å². The first-order chi connectivity index (χ1) is 8.60. The molecule has 1 aliphatic carbocycles. The van der Waals surface area contributed by atoms with E-state index in [4.69, 9.17) is 4.74 Å². The Labute approximate surface area is 106 Å². The van der Waals surface area contributed by atoms with E-state index in [1.54, 1.807) is 7.11 Å². The molecule has 3 atom stereocenters. The van der Waals surface area contributed by atoms with Gasteiger partial charge in [0.25, 0.3) is 0 Å². The largest absolute Gasteiger partial charge is 0.381 e. The topological polar surface area (TPSA) is 21.3 Å². The zero-order chi connectivity index (χ0) is 13.1. The molecule has 2 nitrogen and oxygen atoms in total. The van der Waals surface area contributed by atoms with Gasteiger partial charge in [-0.1, -0.05) is 0 Å². The van der Waals surface area contributed by atoms with E-state index in [2.05, 4.69) is 5.32 Å². The molecule has 100 valence electrons. The highest BCUT2D eigenvalue weighted by atomic mass is 19.1. The molecule has 0 bridgehead atoms. The van der Waals surface area contributed by atoms with Crippen molar-refractivity contribution < 1.29 is 13.5 Å². The van der Waals surface area contributed by atoms with Gasteiger partial charge in [-0.15, -0.1) is 0 Å². The molecule has 4 heteroatoms. The van der Waals surface area contributed by atoms with Crippen LogP contribution in [0.1, 0.15) is 37.8 Å². The molecule has 1 aromatic rings. The van der Waals surface area contributed by atoms with Crippen LogP contribution in [-0.4, -0.2) is 19.3 Å². The maximum absolute atomic E-state index is 13.6. The van der Waals surface area contributed by atoms with E-state index in [1.165, 1.54) is 12.1 Å². The van der Waals surface area contributed by atoms with Gasteiger partial charge >= 0.3 is 0 Å². The minimum absolute atomic E-state index is 0.193. The molecule has 0 aromatic heterocycles. The van der Waals surface area contributed by atoms with E-state index in [0.29, 0.717) is 11.6 Å². The molecule has 0 amide bonds. The summed E-state index contributed by atoms with van der Waals surface area (Å²) in [6.45, 7) is 1.86. The average Bonchev–Trinajstić information content (AvgIpc) is 2.80. The molecule has 1 saturated carbocycles. The van der Waals surface area contributed by atoms with Crippen LogP contribution in [-0.2, 0) is 4.74 Å². The van der Waals surface area contributed by atoms with Crippen molar-refractivity contribution in [1.29, 1.82) is 0 Å². The third kappa shape index (κ3) is 3.06. The van der Waals surface area contributed by atoms with Gasteiger partial charge in [-0.05, 0) is 44.4 Å². The van der Waals surface area contributed by atoms with Crippen molar-refractivity contribution in [2.45, 2.75) is 44.4 Å². The van der Waals surface area contributed by atoms with Gasteiger partial charge < -0.3 is 10.1 Å². The van der Waals surface area contributed by atoms with E-state index in [0.717, 1.165) is 25.3 Å². The van der Waals surface area contributed by atoms with Crippen LogP contribution in [0.25, 0.3) is 0 Å². The van der Waals surface area contributed by atoms with Gasteiger partial charge in [-0.3, -0.25) is 0 Å². The molecule has 1 N–H and O–H groups in total. The number of nitrogens with one attached hydrogen (secondary N) is 1. The fourth-order valence-corrected chi connectivity index (χ4v) is 2.60. The van der Waals surface area contributed by atoms with E-state index < -0.39 is 5.82 Å². The first-order valence-corrected chi connectivity index (χ1v) is 6.34. The number of hydrogen-bond acceptors (Lipinski definition) is 2. The van der Waals surface area contributed by atoms with Crippen molar-refractivity contribution in [3.05, 3.63) is 35.4 Å². The minimum Gasteiger partial charge on any atom is -0.381 e. The number of benzene rings is 1. The van der Waals surface area contributed by atoms with Crippen LogP contribution in [0, 0.1) is 11.6 Å². The lowest BCUT2D eigenvalue weighted by Crippen LogP contribution is -2.30. The molecule has 2 rings (SSSR count). The molecule has 0 saturated heterocycles. The summed E-state index contributed by atoms with van der Waals surface area (Å²) >= 11 is 0. The lowest BCUT2D eigenvalue weighted by Gasteiger charge is -2.20. The molecule has 0 aliphatic heterocycles. The fraction of sp³-hybridized carbons (Fsp3) is 0.571. The monoisotopic (exact) mass is 255 g/mol. The highest BCUT2D eigenvalue weighted by molar-refractivity contribution is 5.22. The Kier molecular flexibility index (Phi) is 4.30. The van der Waals surface area contributed by atoms with Crippen LogP contribution in [0.5, 0.6) is 0 Å². The molecule has 0 heterocycles. The molecular formula is C14H19F2NO. The Morgan fingerprint density at radius 3 is 2.78 bits per heavy atom. The third-order valence-corrected chi connectivity index (χ3v) is 3.63. The van der Waals surface area contributed by atoms with Crippen molar-refractivity contribution in [1.82, 2.24) is 5.32 Å². The highest BCUT2D eigenvalue weighted by Crippen LogP contribution is 2.25. The first kappa shape index (κ1) is 13.4. The molecule has 1 fully saturated rings. The van der Waals surface area contributed by atoms with Gasteiger partial charge in [0, 0.05) is 24.8 Å². The first-order valence-electron chi connectivity index (χ1n) is 6.34. The lowest BCUT2D eigenvalue weighted by atomic mass is 10.1. The number of halogens is 2. The highest BCUT2D eigenvalue weighted by Gasteiger charge is 2.26. The Bertz CT molecular complexity index is 411. The van der Waals surface area contributed by atoms with Gasteiger partial charge in [-0.2, -0.15) is 0 Å². The van der Waals surface area contributed by atoms with E-state index in [9.17, 15) is 8.78 Å². The van der Waals surface area contributed by atoms with Crippen molar-refractivity contribution in [3.63, 3.8) is 0 Å². The van der Waals surface area contributed by atoms with Gasteiger partial charge in [0.1, 0.15) is 11.6 Å². The molecular weight excluding hydrogens is 236 g/mol. The van der Waals surface area contributed by atoms with Crippen LogP contribution in [0.3, 0.4) is 0 Å². The predicted octanol–water partition coefficient (Wildman–Crippen LogP) is 3.18. The maximum atomic E-state index is 13.6. The Morgan fingerprint density at radius 2 is 2.11 bits per heavy atom. The van der Waals surface area contributed by atoms with Crippen LogP contribution in [0.2, 0.25) is 0 Å². The van der Waals surface area contributed by atoms with Crippen LogP contribution in [0.4, 0.5) is 8.78 Å². The molecule has 18 heavy (non-hydrogen) atoms. The zero-order valence-electron chi connectivity index (χ0n) is 10.7. The van der Waals surface area contributed by atoms with E-state index >= 15 is 0 Å². The summed E-state index contributed by atoms with van der Waals surface area (Å²) in [6.07, 6.45) is 3.25. The summed E-state index contributed by atoms with van der Waals surface area (Å²) in [6, 6.07) is 3.70. The molecule has 1 aromatic carbocycles. The molecule has 0 spiro atoms. The predicted molar refractivity (Wildman–Crippen MR) is 66.3 cm³/mol. The van der Waals surface area contributed by atoms with Crippen LogP contribution >= 0.6 is 0 Å². The van der Waals surface area contributed by atoms with Crippen LogP contribution in [0.15, 0.2) is 18.2 Å². The Hall–Kier alpha value is -1.00. The average molecular weight is 255 g/mol. The van der Waals surface area contributed by atoms with Crippen molar-refractivity contribution >= 4 is 0 Å². The fourth-order valence-electron chi connectivity index (χ4n) is 2.60. The van der Waals surface area contributed by atoms with Crippen molar-refractivity contribution in [2.75, 3.05) is 7.11 Å². The third-order valence-electron chi connectivity index (χ3n) is 3.63. The number of methoxy groups -OCH3 is 1. The molecule has 0 radical (unpaired) electrons. The molecule has 1 aliphatic rings. The smallest absolute Gasteiger partial charge is 0.128 e. The van der Waals surface area contributed by atoms with Gasteiger partial charge in [0.2, 0.25) is 0 Å². The number of hydrogen-bond donors (Lipinski definition) is 1. The SMILES string of the molecule is COC1CCC(NC(C)c2cc(F)ccc2F)C1. The summed E-state index contributed by atoms with van der Waals surface area (Å²) in [5.41, 5.74) is 0.385. The van der Waals surface area contributed by atoms with Crippen molar-refractivity contribution in [2.24, 2.45) is 0 Å².